The van der Waals surface area contributed by atoms with E-state index in [2.05, 4.69) is 5.32 Å². The second kappa shape index (κ2) is 6.15. The lowest BCUT2D eigenvalue weighted by Gasteiger charge is -2.26. The zero-order chi connectivity index (χ0) is 13.9. The van der Waals surface area contributed by atoms with Crippen LogP contribution in [0.25, 0.3) is 0 Å². The second-order valence-corrected chi connectivity index (χ2v) is 6.33. The molecule has 2 fully saturated rings. The third kappa shape index (κ3) is 3.33. The summed E-state index contributed by atoms with van der Waals surface area (Å²) >= 11 is 6.17. The quantitative estimate of drug-likeness (QED) is 0.905. The Balaban J connectivity index is 1.73. The van der Waals surface area contributed by atoms with E-state index in [1.54, 1.807) is 6.07 Å². The fourth-order valence-corrected chi connectivity index (χ4v) is 3.05. The second-order valence-electron chi connectivity index (χ2n) is 5.93. The number of carbonyl (C=O) groups excluding carboxylic acids is 1. The molecule has 0 spiro atoms. The minimum atomic E-state index is 0.0798. The van der Waals surface area contributed by atoms with Crippen molar-refractivity contribution in [2.75, 3.05) is 19.6 Å². The van der Waals surface area contributed by atoms with Crippen molar-refractivity contribution in [3.63, 3.8) is 0 Å². The summed E-state index contributed by atoms with van der Waals surface area (Å²) in [7, 11) is 0. The molecule has 1 atom stereocenters. The van der Waals surface area contributed by atoms with Gasteiger partial charge in [-0.25, -0.2) is 0 Å². The van der Waals surface area contributed by atoms with Crippen LogP contribution in [0.5, 0.6) is 0 Å². The predicted molar refractivity (Wildman–Crippen MR) is 81.1 cm³/mol. The molecule has 3 nitrogen and oxygen atoms in total. The van der Waals surface area contributed by atoms with Crippen molar-refractivity contribution in [1.82, 2.24) is 10.2 Å². The fourth-order valence-electron chi connectivity index (χ4n) is 2.84. The number of carbonyl (C=O) groups is 1. The Kier molecular flexibility index (Phi) is 4.27. The van der Waals surface area contributed by atoms with Crippen LogP contribution < -0.4 is 5.32 Å². The number of halogens is 1. The average Bonchev–Trinajstić information content (AvgIpc) is 3.11. The molecular weight excluding hydrogens is 272 g/mol. The van der Waals surface area contributed by atoms with Gasteiger partial charge in [-0.15, -0.1) is 0 Å². The van der Waals surface area contributed by atoms with E-state index >= 15 is 0 Å². The fraction of sp³-hybridized carbons (Fsp3) is 0.562. The van der Waals surface area contributed by atoms with Gasteiger partial charge in [0, 0.05) is 19.1 Å². The van der Waals surface area contributed by atoms with Crippen molar-refractivity contribution >= 4 is 17.5 Å². The highest BCUT2D eigenvalue weighted by molar-refractivity contribution is 6.33. The van der Waals surface area contributed by atoms with Gasteiger partial charge in [0.05, 0.1) is 10.6 Å². The van der Waals surface area contributed by atoms with E-state index in [0.29, 0.717) is 22.5 Å². The van der Waals surface area contributed by atoms with Crippen molar-refractivity contribution in [2.24, 2.45) is 5.92 Å². The van der Waals surface area contributed by atoms with Gasteiger partial charge in [-0.2, -0.15) is 0 Å². The van der Waals surface area contributed by atoms with Crippen LogP contribution >= 0.6 is 11.6 Å². The van der Waals surface area contributed by atoms with Crippen LogP contribution in [-0.4, -0.2) is 36.5 Å². The van der Waals surface area contributed by atoms with E-state index in [4.69, 9.17) is 11.6 Å². The molecule has 1 saturated carbocycles. The maximum Gasteiger partial charge on any atom is 0.255 e. The summed E-state index contributed by atoms with van der Waals surface area (Å²) in [6.45, 7) is 2.75. The Morgan fingerprint density at radius 3 is 2.70 bits per heavy atom. The first-order chi connectivity index (χ1) is 9.74. The zero-order valence-electron chi connectivity index (χ0n) is 11.6. The normalized spacial score (nSPS) is 21.9. The van der Waals surface area contributed by atoms with Crippen LogP contribution in [-0.2, 0) is 0 Å². The molecule has 1 amide bonds. The highest BCUT2D eigenvalue weighted by Crippen LogP contribution is 2.31. The Morgan fingerprint density at radius 1 is 1.25 bits per heavy atom. The van der Waals surface area contributed by atoms with E-state index < -0.39 is 0 Å². The smallest absolute Gasteiger partial charge is 0.255 e. The van der Waals surface area contributed by atoms with Gasteiger partial charge < -0.3 is 10.2 Å². The molecule has 1 unspecified atom stereocenters. The summed E-state index contributed by atoms with van der Waals surface area (Å²) in [4.78, 5) is 14.7. The monoisotopic (exact) mass is 292 g/mol. The molecule has 1 aliphatic carbocycles. The third-order valence-corrected chi connectivity index (χ3v) is 4.50. The van der Waals surface area contributed by atoms with Gasteiger partial charge in [0.25, 0.3) is 5.91 Å². The number of nitrogens with zero attached hydrogens (tertiary/aromatic N) is 1. The van der Waals surface area contributed by atoms with Gasteiger partial charge in [-0.05, 0) is 50.3 Å². The highest BCUT2D eigenvalue weighted by Gasteiger charge is 2.30. The molecule has 4 heteroatoms. The summed E-state index contributed by atoms with van der Waals surface area (Å²) in [6, 6.07) is 7.80. The molecule has 1 heterocycles. The van der Waals surface area contributed by atoms with Gasteiger partial charge in [0.15, 0.2) is 0 Å². The topological polar surface area (TPSA) is 32.3 Å². The van der Waals surface area contributed by atoms with Crippen LogP contribution in [0.15, 0.2) is 24.3 Å². The van der Waals surface area contributed by atoms with Crippen molar-refractivity contribution in [1.29, 1.82) is 0 Å². The van der Waals surface area contributed by atoms with Gasteiger partial charge in [0.2, 0.25) is 0 Å². The van der Waals surface area contributed by atoms with Crippen molar-refractivity contribution in [3.05, 3.63) is 34.9 Å². The molecule has 1 aromatic carbocycles. The Morgan fingerprint density at radius 2 is 2.05 bits per heavy atom. The lowest BCUT2D eigenvalue weighted by molar-refractivity contribution is 0.0733. The summed E-state index contributed by atoms with van der Waals surface area (Å²) in [6.07, 6.45) is 4.88. The first-order valence-corrected chi connectivity index (χ1v) is 7.89. The van der Waals surface area contributed by atoms with Gasteiger partial charge >= 0.3 is 0 Å². The molecule has 1 aromatic rings. The standard InChI is InChI=1S/C16H21ClN2O/c17-15-6-2-1-5-14(15)16(20)19(10-12-7-8-12)11-13-4-3-9-18-13/h1-2,5-6,12-13,18H,3-4,7-11H2. The van der Waals surface area contributed by atoms with Crippen LogP contribution in [0.1, 0.15) is 36.0 Å². The Bertz CT molecular complexity index is 481. The minimum absolute atomic E-state index is 0.0798. The van der Waals surface area contributed by atoms with Gasteiger partial charge in [-0.3, -0.25) is 4.79 Å². The summed E-state index contributed by atoms with van der Waals surface area (Å²) in [5.74, 6) is 0.777. The number of benzene rings is 1. The number of rotatable bonds is 5. The third-order valence-electron chi connectivity index (χ3n) is 4.17. The van der Waals surface area contributed by atoms with Crippen molar-refractivity contribution in [3.8, 4) is 0 Å². The highest BCUT2D eigenvalue weighted by atomic mass is 35.5. The SMILES string of the molecule is O=C(c1ccccc1Cl)N(CC1CC1)CC1CCCN1. The summed E-state index contributed by atoms with van der Waals surface area (Å²) < 4.78 is 0. The van der Waals surface area contributed by atoms with E-state index in [1.165, 1.54) is 19.3 Å². The summed E-state index contributed by atoms with van der Waals surface area (Å²) in [5.41, 5.74) is 0.632. The van der Waals surface area contributed by atoms with Crippen LogP contribution in [0.3, 0.4) is 0 Å². The number of hydrogen-bond donors (Lipinski definition) is 1. The molecule has 1 aliphatic heterocycles. The molecule has 108 valence electrons. The predicted octanol–water partition coefficient (Wildman–Crippen LogP) is 2.94. The minimum Gasteiger partial charge on any atom is -0.337 e. The molecule has 1 saturated heterocycles. The zero-order valence-corrected chi connectivity index (χ0v) is 12.4. The first-order valence-electron chi connectivity index (χ1n) is 7.51. The molecule has 1 N–H and O–H groups in total. The molecule has 3 rings (SSSR count). The molecule has 0 radical (unpaired) electrons. The number of nitrogens with one attached hydrogen (secondary N) is 1. The van der Waals surface area contributed by atoms with E-state index in [1.807, 2.05) is 23.1 Å². The van der Waals surface area contributed by atoms with Gasteiger partial charge in [0.1, 0.15) is 0 Å². The van der Waals surface area contributed by atoms with Crippen molar-refractivity contribution in [2.45, 2.75) is 31.7 Å². The van der Waals surface area contributed by atoms with Crippen LogP contribution in [0.2, 0.25) is 5.02 Å². The Hall–Kier alpha value is -1.06. The molecule has 2 aliphatic rings. The first kappa shape index (κ1) is 13.9. The van der Waals surface area contributed by atoms with E-state index in [-0.39, 0.29) is 5.91 Å². The molecule has 0 bridgehead atoms. The largest absolute Gasteiger partial charge is 0.337 e. The molecular formula is C16H21ClN2O. The summed E-state index contributed by atoms with van der Waals surface area (Å²) in [5, 5.41) is 4.03. The number of amides is 1. The lowest BCUT2D eigenvalue weighted by atomic mass is 10.1. The molecule has 20 heavy (non-hydrogen) atoms. The lowest BCUT2D eigenvalue weighted by Crippen LogP contribution is -2.42. The Labute approximate surface area is 125 Å². The van der Waals surface area contributed by atoms with Crippen molar-refractivity contribution < 1.29 is 4.79 Å². The molecule has 0 aromatic heterocycles. The number of hydrogen-bond acceptors (Lipinski definition) is 2. The average molecular weight is 293 g/mol. The van der Waals surface area contributed by atoms with Gasteiger partial charge in [-0.1, -0.05) is 23.7 Å². The van der Waals surface area contributed by atoms with E-state index in [0.717, 1.165) is 26.1 Å². The maximum atomic E-state index is 12.7. The maximum absolute atomic E-state index is 12.7. The van der Waals surface area contributed by atoms with E-state index in [9.17, 15) is 4.79 Å². The van der Waals surface area contributed by atoms with Crippen LogP contribution in [0.4, 0.5) is 0 Å². The van der Waals surface area contributed by atoms with Crippen LogP contribution in [0, 0.1) is 5.92 Å².